The van der Waals surface area contributed by atoms with E-state index in [2.05, 4.69) is 0 Å². The summed E-state index contributed by atoms with van der Waals surface area (Å²) in [6.07, 6.45) is 0.246. The number of hydrogen-bond acceptors (Lipinski definition) is 7. The fourth-order valence-corrected chi connectivity index (χ4v) is 2.77. The normalized spacial score (nSPS) is 10.6. The number of carboxylic acid groups (broad SMARTS) is 1. The molecule has 0 aliphatic heterocycles. The van der Waals surface area contributed by atoms with Crippen molar-refractivity contribution in [2.24, 2.45) is 0 Å². The van der Waals surface area contributed by atoms with Gasteiger partial charge in [0.2, 0.25) is 0 Å². The van der Waals surface area contributed by atoms with E-state index in [0.29, 0.717) is 23.5 Å². The molecule has 0 aromatic rings. The second-order valence-electron chi connectivity index (χ2n) is 3.14. The molecule has 0 aliphatic rings. The van der Waals surface area contributed by atoms with Crippen LogP contribution in [0.2, 0.25) is 0 Å². The van der Waals surface area contributed by atoms with E-state index in [-0.39, 0.29) is 36.3 Å². The predicted molar refractivity (Wildman–Crippen MR) is 69.6 cm³/mol. The van der Waals surface area contributed by atoms with Crippen LogP contribution in [0.15, 0.2) is 0 Å². The molecule has 0 aliphatic carbocycles. The van der Waals surface area contributed by atoms with Gasteiger partial charge in [0, 0.05) is 27.1 Å². The molecule has 0 aromatic carbocycles. The second-order valence-corrected chi connectivity index (χ2v) is 5.76. The van der Waals surface area contributed by atoms with E-state index in [1.165, 1.54) is 14.2 Å². The van der Waals surface area contributed by atoms with E-state index in [9.17, 15) is 14.4 Å². The molecule has 0 fully saturated rings. The molecule has 0 atom stereocenters. The summed E-state index contributed by atoms with van der Waals surface area (Å²) in [4.78, 5) is 33.7. The average molecular weight is 296 g/mol. The van der Waals surface area contributed by atoms with Crippen molar-refractivity contribution >= 4 is 39.7 Å². The third-order valence-corrected chi connectivity index (χ3v) is 4.04. The Hall–Kier alpha value is -0.570. The number of rotatable bonds is 9. The summed E-state index contributed by atoms with van der Waals surface area (Å²) in [5, 5.41) is 8.30. The van der Waals surface area contributed by atoms with Crippen LogP contribution in [0, 0.1) is 0 Å². The molecule has 0 saturated heterocycles. The number of ether oxygens (including phenoxy) is 2. The largest absolute Gasteiger partial charge is 0.480 e. The van der Waals surface area contributed by atoms with Gasteiger partial charge in [-0.05, 0) is 0 Å². The van der Waals surface area contributed by atoms with E-state index < -0.39 is 10.6 Å². The van der Waals surface area contributed by atoms with Crippen molar-refractivity contribution in [3.8, 4) is 0 Å². The standard InChI is InChI=1S/C10H16O6S2/c1-15-5-3-7(11)17-10(9(13)14)18-8(12)4-6-16-2/h10H,3-6H2,1-2H3,(H,13,14). The Balaban J connectivity index is 4.18. The fraction of sp³-hybridized carbons (Fsp3) is 0.700. The molecule has 0 amide bonds. The molecule has 104 valence electrons. The van der Waals surface area contributed by atoms with Crippen LogP contribution in [-0.2, 0) is 23.9 Å². The van der Waals surface area contributed by atoms with Gasteiger partial charge in [0.15, 0.2) is 14.8 Å². The number of carbonyl (C=O) groups is 3. The number of aliphatic carboxylic acids is 1. The van der Waals surface area contributed by atoms with Crippen molar-refractivity contribution in [2.75, 3.05) is 27.4 Å². The number of carboxylic acids is 1. The third kappa shape index (κ3) is 8.51. The highest BCUT2D eigenvalue weighted by atomic mass is 32.2. The zero-order valence-electron chi connectivity index (χ0n) is 10.2. The molecule has 0 spiro atoms. The molecule has 6 nitrogen and oxygen atoms in total. The van der Waals surface area contributed by atoms with Gasteiger partial charge in [0.05, 0.1) is 13.2 Å². The van der Waals surface area contributed by atoms with E-state index in [0.717, 1.165) is 0 Å². The van der Waals surface area contributed by atoms with Gasteiger partial charge in [-0.25, -0.2) is 0 Å². The summed E-state index contributed by atoms with van der Waals surface area (Å²) in [7, 11) is 2.91. The summed E-state index contributed by atoms with van der Waals surface area (Å²) in [5.41, 5.74) is 0. The Morgan fingerprint density at radius 3 is 1.67 bits per heavy atom. The van der Waals surface area contributed by atoms with Gasteiger partial charge >= 0.3 is 5.97 Å². The van der Waals surface area contributed by atoms with Crippen LogP contribution in [0.1, 0.15) is 12.8 Å². The molecule has 0 aromatic heterocycles. The number of thioether (sulfide) groups is 2. The molecule has 1 N–H and O–H groups in total. The summed E-state index contributed by atoms with van der Waals surface area (Å²) in [6, 6.07) is 0. The molecule has 8 heteroatoms. The highest BCUT2D eigenvalue weighted by Crippen LogP contribution is 2.27. The Kier molecular flexibility index (Phi) is 10.0. The summed E-state index contributed by atoms with van der Waals surface area (Å²) >= 11 is 1.27. The SMILES string of the molecule is COCCC(=O)SC(SC(=O)CCOC)C(=O)O. The van der Waals surface area contributed by atoms with E-state index in [1.807, 2.05) is 0 Å². The minimum atomic E-state index is -1.19. The first-order valence-electron chi connectivity index (χ1n) is 5.11. The van der Waals surface area contributed by atoms with Gasteiger partial charge in [-0.2, -0.15) is 0 Å². The molecule has 0 bridgehead atoms. The lowest BCUT2D eigenvalue weighted by Crippen LogP contribution is -2.18. The smallest absolute Gasteiger partial charge is 0.327 e. The molecular weight excluding hydrogens is 280 g/mol. The Bertz CT molecular complexity index is 272. The molecule has 0 heterocycles. The molecule has 18 heavy (non-hydrogen) atoms. The molecule has 0 rings (SSSR count). The van der Waals surface area contributed by atoms with Crippen LogP contribution >= 0.6 is 23.5 Å². The van der Waals surface area contributed by atoms with Gasteiger partial charge in [-0.1, -0.05) is 23.5 Å². The van der Waals surface area contributed by atoms with Gasteiger partial charge < -0.3 is 14.6 Å². The maximum absolute atomic E-state index is 11.4. The lowest BCUT2D eigenvalue weighted by molar-refractivity contribution is -0.135. The summed E-state index contributed by atoms with van der Waals surface area (Å²) in [6.45, 7) is 0.473. The minimum Gasteiger partial charge on any atom is -0.480 e. The van der Waals surface area contributed by atoms with Gasteiger partial charge in [-0.3, -0.25) is 14.4 Å². The van der Waals surface area contributed by atoms with E-state index in [1.54, 1.807) is 0 Å². The zero-order valence-corrected chi connectivity index (χ0v) is 11.8. The summed E-state index contributed by atoms with van der Waals surface area (Å²) < 4.78 is 8.32. The number of carbonyl (C=O) groups excluding carboxylic acids is 2. The maximum atomic E-state index is 11.4. The van der Waals surface area contributed by atoms with Gasteiger partial charge in [0.25, 0.3) is 0 Å². The molecule has 0 radical (unpaired) electrons. The maximum Gasteiger partial charge on any atom is 0.327 e. The second kappa shape index (κ2) is 10.4. The first-order valence-corrected chi connectivity index (χ1v) is 6.86. The monoisotopic (exact) mass is 296 g/mol. The number of methoxy groups -OCH3 is 2. The molecule has 0 saturated carbocycles. The van der Waals surface area contributed by atoms with Crippen molar-refractivity contribution < 1.29 is 29.0 Å². The fourth-order valence-electron chi connectivity index (χ4n) is 0.852. The Labute approximate surface area is 114 Å². The van der Waals surface area contributed by atoms with Crippen LogP contribution in [0.3, 0.4) is 0 Å². The zero-order chi connectivity index (χ0) is 14.0. The summed E-state index contributed by atoms with van der Waals surface area (Å²) in [5.74, 6) is -1.19. The minimum absolute atomic E-state index is 0.123. The Morgan fingerprint density at radius 1 is 1.00 bits per heavy atom. The van der Waals surface area contributed by atoms with Crippen molar-refractivity contribution in [3.63, 3.8) is 0 Å². The Morgan fingerprint density at radius 2 is 1.39 bits per heavy atom. The highest BCUT2D eigenvalue weighted by Gasteiger charge is 2.25. The predicted octanol–water partition coefficient (Wildman–Crippen LogP) is 0.990. The van der Waals surface area contributed by atoms with Crippen molar-refractivity contribution in [2.45, 2.75) is 17.4 Å². The molecule has 0 unspecified atom stereocenters. The van der Waals surface area contributed by atoms with E-state index in [4.69, 9.17) is 14.6 Å². The van der Waals surface area contributed by atoms with Crippen LogP contribution < -0.4 is 0 Å². The van der Waals surface area contributed by atoms with Gasteiger partial charge in [0.1, 0.15) is 0 Å². The van der Waals surface area contributed by atoms with Crippen LogP contribution in [0.25, 0.3) is 0 Å². The van der Waals surface area contributed by atoms with Crippen LogP contribution in [0.5, 0.6) is 0 Å². The first-order chi connectivity index (χ1) is 8.51. The number of hydrogen-bond donors (Lipinski definition) is 1. The molecular formula is C10H16O6S2. The average Bonchev–Trinajstić information content (AvgIpc) is 2.32. The van der Waals surface area contributed by atoms with Crippen molar-refractivity contribution in [1.82, 2.24) is 0 Å². The highest BCUT2D eigenvalue weighted by molar-refractivity contribution is 8.30. The lowest BCUT2D eigenvalue weighted by atomic mass is 10.5. The third-order valence-electron chi connectivity index (χ3n) is 1.70. The van der Waals surface area contributed by atoms with E-state index >= 15 is 0 Å². The van der Waals surface area contributed by atoms with Crippen LogP contribution in [-0.4, -0.2) is 53.3 Å². The topological polar surface area (TPSA) is 89.9 Å². The first kappa shape index (κ1) is 17.4. The quantitative estimate of drug-likeness (QED) is 0.630. The van der Waals surface area contributed by atoms with Crippen LogP contribution in [0.4, 0.5) is 0 Å². The lowest BCUT2D eigenvalue weighted by Gasteiger charge is -2.09. The van der Waals surface area contributed by atoms with Crippen molar-refractivity contribution in [3.05, 3.63) is 0 Å². The van der Waals surface area contributed by atoms with Crippen molar-refractivity contribution in [1.29, 1.82) is 0 Å². The van der Waals surface area contributed by atoms with Gasteiger partial charge in [-0.15, -0.1) is 0 Å².